The molecule has 86 valence electrons. The standard InChI is InChI=1S/C13H17NO2/c1-9-5-4-6-11-10(9)7-8-13(2,14-11)12(15)16-3/h4-6,14H,7-8H2,1-3H3. The quantitative estimate of drug-likeness (QED) is 0.736. The molecule has 0 bridgehead atoms. The molecule has 1 aliphatic rings. The number of ether oxygens (including phenoxy) is 1. The van der Waals surface area contributed by atoms with Crippen molar-refractivity contribution in [3.8, 4) is 0 Å². The SMILES string of the molecule is COC(=O)C1(C)CCc2c(C)cccc2N1. The number of nitrogens with one attached hydrogen (secondary N) is 1. The fourth-order valence-electron chi connectivity index (χ4n) is 2.26. The molecule has 1 aliphatic heterocycles. The number of benzene rings is 1. The van der Waals surface area contributed by atoms with E-state index < -0.39 is 5.54 Å². The normalized spacial score (nSPS) is 23.2. The molecule has 1 heterocycles. The average molecular weight is 219 g/mol. The zero-order valence-electron chi connectivity index (χ0n) is 9.96. The second-order valence-corrected chi connectivity index (χ2v) is 4.55. The Bertz CT molecular complexity index is 428. The number of carbonyl (C=O) groups excluding carboxylic acids is 1. The van der Waals surface area contributed by atoms with E-state index in [1.54, 1.807) is 0 Å². The third-order valence-electron chi connectivity index (χ3n) is 3.33. The van der Waals surface area contributed by atoms with E-state index in [0.29, 0.717) is 0 Å². The highest BCUT2D eigenvalue weighted by molar-refractivity contribution is 5.85. The molecule has 3 heteroatoms. The van der Waals surface area contributed by atoms with Crippen LogP contribution in [0.3, 0.4) is 0 Å². The van der Waals surface area contributed by atoms with E-state index in [2.05, 4.69) is 18.3 Å². The summed E-state index contributed by atoms with van der Waals surface area (Å²) in [5.74, 6) is -0.195. The van der Waals surface area contributed by atoms with Crippen molar-refractivity contribution in [2.45, 2.75) is 32.2 Å². The van der Waals surface area contributed by atoms with Gasteiger partial charge in [0.25, 0.3) is 0 Å². The Balaban J connectivity index is 2.34. The maximum absolute atomic E-state index is 11.7. The van der Waals surface area contributed by atoms with Crippen molar-refractivity contribution in [3.05, 3.63) is 29.3 Å². The van der Waals surface area contributed by atoms with Gasteiger partial charge in [0, 0.05) is 5.69 Å². The average Bonchev–Trinajstić information content (AvgIpc) is 2.28. The van der Waals surface area contributed by atoms with Gasteiger partial charge in [-0.25, -0.2) is 4.79 Å². The summed E-state index contributed by atoms with van der Waals surface area (Å²) in [6, 6.07) is 6.12. The van der Waals surface area contributed by atoms with E-state index >= 15 is 0 Å². The van der Waals surface area contributed by atoms with E-state index in [1.807, 2.05) is 19.1 Å². The molecule has 1 aromatic rings. The molecule has 0 saturated carbocycles. The van der Waals surface area contributed by atoms with Crippen LogP contribution in [0.1, 0.15) is 24.5 Å². The molecule has 1 atom stereocenters. The highest BCUT2D eigenvalue weighted by Crippen LogP contribution is 2.33. The zero-order chi connectivity index (χ0) is 11.8. The van der Waals surface area contributed by atoms with Gasteiger partial charge in [-0.2, -0.15) is 0 Å². The van der Waals surface area contributed by atoms with Crippen LogP contribution in [0.5, 0.6) is 0 Å². The molecule has 0 amide bonds. The minimum absolute atomic E-state index is 0.195. The van der Waals surface area contributed by atoms with Crippen molar-refractivity contribution in [1.82, 2.24) is 0 Å². The Hall–Kier alpha value is -1.51. The number of hydrogen-bond acceptors (Lipinski definition) is 3. The Morgan fingerprint density at radius 3 is 2.94 bits per heavy atom. The lowest BCUT2D eigenvalue weighted by atomic mass is 9.86. The fraction of sp³-hybridized carbons (Fsp3) is 0.462. The third-order valence-corrected chi connectivity index (χ3v) is 3.33. The first-order valence-electron chi connectivity index (χ1n) is 5.52. The summed E-state index contributed by atoms with van der Waals surface area (Å²) in [5, 5.41) is 3.29. The van der Waals surface area contributed by atoms with Crippen molar-refractivity contribution >= 4 is 11.7 Å². The first kappa shape index (κ1) is 11.0. The Morgan fingerprint density at radius 2 is 2.25 bits per heavy atom. The molecule has 1 unspecified atom stereocenters. The molecule has 3 nitrogen and oxygen atoms in total. The lowest BCUT2D eigenvalue weighted by Crippen LogP contribution is -2.47. The molecule has 0 saturated heterocycles. The van der Waals surface area contributed by atoms with Crippen LogP contribution < -0.4 is 5.32 Å². The lowest BCUT2D eigenvalue weighted by Gasteiger charge is -2.35. The minimum Gasteiger partial charge on any atom is -0.467 e. The van der Waals surface area contributed by atoms with Crippen molar-refractivity contribution in [3.63, 3.8) is 0 Å². The summed E-state index contributed by atoms with van der Waals surface area (Å²) in [5.41, 5.74) is 3.05. The van der Waals surface area contributed by atoms with Crippen molar-refractivity contribution in [2.24, 2.45) is 0 Å². The zero-order valence-corrected chi connectivity index (χ0v) is 9.96. The van der Waals surface area contributed by atoms with Gasteiger partial charge in [0.2, 0.25) is 0 Å². The third kappa shape index (κ3) is 1.66. The molecule has 1 aromatic carbocycles. The van der Waals surface area contributed by atoms with Gasteiger partial charge in [-0.1, -0.05) is 12.1 Å². The molecule has 0 radical (unpaired) electrons. The summed E-state index contributed by atoms with van der Waals surface area (Å²) < 4.78 is 4.84. The number of aryl methyl sites for hydroxylation is 1. The van der Waals surface area contributed by atoms with Crippen LogP contribution >= 0.6 is 0 Å². The summed E-state index contributed by atoms with van der Waals surface area (Å²) in [4.78, 5) is 11.7. The molecule has 0 aromatic heterocycles. The van der Waals surface area contributed by atoms with Crippen LogP contribution in [0.15, 0.2) is 18.2 Å². The Morgan fingerprint density at radius 1 is 1.50 bits per heavy atom. The second kappa shape index (κ2) is 3.81. The van der Waals surface area contributed by atoms with Crippen LogP contribution in [0.25, 0.3) is 0 Å². The fourth-order valence-corrected chi connectivity index (χ4v) is 2.26. The van der Waals surface area contributed by atoms with E-state index in [4.69, 9.17) is 4.74 Å². The summed E-state index contributed by atoms with van der Waals surface area (Å²) in [7, 11) is 1.43. The van der Waals surface area contributed by atoms with Gasteiger partial charge in [0.15, 0.2) is 0 Å². The van der Waals surface area contributed by atoms with Gasteiger partial charge in [-0.15, -0.1) is 0 Å². The van der Waals surface area contributed by atoms with Crippen LogP contribution in [-0.4, -0.2) is 18.6 Å². The lowest BCUT2D eigenvalue weighted by molar-refractivity contribution is -0.145. The number of methoxy groups -OCH3 is 1. The summed E-state index contributed by atoms with van der Waals surface area (Å²) >= 11 is 0. The predicted octanol–water partition coefficient (Wildman–Crippen LogP) is 2.28. The molecule has 2 rings (SSSR count). The van der Waals surface area contributed by atoms with Crippen LogP contribution in [0, 0.1) is 6.92 Å². The predicted molar refractivity (Wildman–Crippen MR) is 63.5 cm³/mol. The van der Waals surface area contributed by atoms with Gasteiger partial charge < -0.3 is 10.1 Å². The number of anilines is 1. The monoisotopic (exact) mass is 219 g/mol. The smallest absolute Gasteiger partial charge is 0.331 e. The number of fused-ring (bicyclic) bond motifs is 1. The second-order valence-electron chi connectivity index (χ2n) is 4.55. The first-order valence-corrected chi connectivity index (χ1v) is 5.52. The molecule has 0 spiro atoms. The van der Waals surface area contributed by atoms with Crippen molar-refractivity contribution in [2.75, 3.05) is 12.4 Å². The van der Waals surface area contributed by atoms with Crippen molar-refractivity contribution in [1.29, 1.82) is 0 Å². The maximum atomic E-state index is 11.7. The molecular formula is C13H17NO2. The van der Waals surface area contributed by atoms with Gasteiger partial charge >= 0.3 is 5.97 Å². The van der Waals surface area contributed by atoms with Gasteiger partial charge in [-0.05, 0) is 43.9 Å². The number of hydrogen-bond donors (Lipinski definition) is 1. The van der Waals surface area contributed by atoms with Crippen LogP contribution in [0.2, 0.25) is 0 Å². The van der Waals surface area contributed by atoms with Crippen LogP contribution in [-0.2, 0) is 16.0 Å². The van der Waals surface area contributed by atoms with Gasteiger partial charge in [0.1, 0.15) is 5.54 Å². The highest BCUT2D eigenvalue weighted by atomic mass is 16.5. The van der Waals surface area contributed by atoms with Gasteiger partial charge in [0.05, 0.1) is 7.11 Å². The Labute approximate surface area is 95.8 Å². The van der Waals surface area contributed by atoms with Crippen LogP contribution in [0.4, 0.5) is 5.69 Å². The Kier molecular flexibility index (Phi) is 2.62. The molecular weight excluding hydrogens is 202 g/mol. The van der Waals surface area contributed by atoms with E-state index in [9.17, 15) is 4.79 Å². The highest BCUT2D eigenvalue weighted by Gasteiger charge is 2.37. The number of carbonyl (C=O) groups is 1. The molecule has 16 heavy (non-hydrogen) atoms. The summed E-state index contributed by atoms with van der Waals surface area (Å²) in [6.45, 7) is 3.99. The van der Waals surface area contributed by atoms with Gasteiger partial charge in [-0.3, -0.25) is 0 Å². The van der Waals surface area contributed by atoms with E-state index in [0.717, 1.165) is 18.5 Å². The first-order chi connectivity index (χ1) is 7.57. The molecule has 0 aliphatic carbocycles. The maximum Gasteiger partial charge on any atom is 0.331 e. The molecule has 1 N–H and O–H groups in total. The topological polar surface area (TPSA) is 38.3 Å². The van der Waals surface area contributed by atoms with E-state index in [1.165, 1.54) is 18.2 Å². The number of esters is 1. The van der Waals surface area contributed by atoms with E-state index in [-0.39, 0.29) is 5.97 Å². The van der Waals surface area contributed by atoms with Crippen molar-refractivity contribution < 1.29 is 9.53 Å². The summed E-state index contributed by atoms with van der Waals surface area (Å²) in [6.07, 6.45) is 1.69. The largest absolute Gasteiger partial charge is 0.467 e. The molecule has 0 fully saturated rings. The number of rotatable bonds is 1. The minimum atomic E-state index is -0.588.